The summed E-state index contributed by atoms with van der Waals surface area (Å²) in [4.78, 5) is 27.9. The Hall–Kier alpha value is -2.62. The number of unbranched alkanes of at least 4 members (excludes halogenated alkanes) is 1. The quantitative estimate of drug-likeness (QED) is 0.600. The summed E-state index contributed by atoms with van der Waals surface area (Å²) >= 11 is 0. The van der Waals surface area contributed by atoms with Gasteiger partial charge in [-0.1, -0.05) is 79.9 Å². The van der Waals surface area contributed by atoms with Crippen LogP contribution in [0.5, 0.6) is 0 Å². The van der Waals surface area contributed by atoms with Crippen molar-refractivity contribution < 1.29 is 9.59 Å². The van der Waals surface area contributed by atoms with Crippen LogP contribution in [0.1, 0.15) is 55.4 Å². The van der Waals surface area contributed by atoms with Crippen LogP contribution < -0.4 is 5.32 Å². The predicted octanol–water partition coefficient (Wildman–Crippen LogP) is 4.57. The molecule has 0 aromatic heterocycles. The Morgan fingerprint density at radius 1 is 0.966 bits per heavy atom. The minimum absolute atomic E-state index is 0.0189. The number of carbonyl (C=O) groups is 2. The van der Waals surface area contributed by atoms with Crippen molar-refractivity contribution in [1.29, 1.82) is 0 Å². The normalized spacial score (nSPS) is 11.7. The second-order valence-corrected chi connectivity index (χ2v) is 7.75. The molecule has 1 atom stereocenters. The van der Waals surface area contributed by atoms with Crippen LogP contribution in [0.2, 0.25) is 0 Å². The highest BCUT2D eigenvalue weighted by atomic mass is 16.2. The first-order valence-electron chi connectivity index (χ1n) is 10.6. The predicted molar refractivity (Wildman–Crippen MR) is 119 cm³/mol. The lowest BCUT2D eigenvalue weighted by Gasteiger charge is -2.31. The molecule has 0 heterocycles. The van der Waals surface area contributed by atoms with Crippen LogP contribution >= 0.6 is 0 Å². The molecule has 0 aliphatic carbocycles. The lowest BCUT2D eigenvalue weighted by Crippen LogP contribution is -2.49. The molecule has 1 N–H and O–H groups in total. The zero-order chi connectivity index (χ0) is 21.2. The maximum absolute atomic E-state index is 13.3. The topological polar surface area (TPSA) is 49.4 Å². The maximum Gasteiger partial charge on any atom is 0.242 e. The molecule has 0 unspecified atom stereocenters. The van der Waals surface area contributed by atoms with E-state index < -0.39 is 6.04 Å². The van der Waals surface area contributed by atoms with E-state index >= 15 is 0 Å². The number of hydrogen-bond donors (Lipinski definition) is 1. The van der Waals surface area contributed by atoms with E-state index in [0.717, 1.165) is 35.1 Å². The SMILES string of the molecule is CCCCNC(=O)[C@@H](CC)N(Cc1cccc(C)c1)C(=O)Cc1cccc(C)c1. The number of rotatable bonds is 10. The van der Waals surface area contributed by atoms with E-state index in [9.17, 15) is 9.59 Å². The fourth-order valence-electron chi connectivity index (χ4n) is 3.53. The summed E-state index contributed by atoms with van der Waals surface area (Å²) in [5.74, 6) is -0.0826. The van der Waals surface area contributed by atoms with Gasteiger partial charge in [-0.15, -0.1) is 0 Å². The second-order valence-electron chi connectivity index (χ2n) is 7.75. The highest BCUT2D eigenvalue weighted by Gasteiger charge is 2.28. The van der Waals surface area contributed by atoms with E-state index in [1.54, 1.807) is 4.90 Å². The number of amides is 2. The third-order valence-corrected chi connectivity index (χ3v) is 5.09. The Bertz CT molecular complexity index is 816. The van der Waals surface area contributed by atoms with Crippen LogP contribution in [0, 0.1) is 13.8 Å². The van der Waals surface area contributed by atoms with E-state index in [1.165, 1.54) is 0 Å². The summed E-state index contributed by atoms with van der Waals surface area (Å²) in [6.45, 7) is 9.21. The first-order valence-corrected chi connectivity index (χ1v) is 10.6. The van der Waals surface area contributed by atoms with Crippen molar-refractivity contribution in [3.63, 3.8) is 0 Å². The highest BCUT2D eigenvalue weighted by Crippen LogP contribution is 2.16. The van der Waals surface area contributed by atoms with Gasteiger partial charge < -0.3 is 10.2 Å². The van der Waals surface area contributed by atoms with Crippen LogP contribution in [0.25, 0.3) is 0 Å². The number of hydrogen-bond acceptors (Lipinski definition) is 2. The molecule has 29 heavy (non-hydrogen) atoms. The van der Waals surface area contributed by atoms with Gasteiger partial charge in [0.15, 0.2) is 0 Å². The van der Waals surface area contributed by atoms with Crippen molar-refractivity contribution in [2.75, 3.05) is 6.54 Å². The summed E-state index contributed by atoms with van der Waals surface area (Å²) in [7, 11) is 0. The van der Waals surface area contributed by atoms with Crippen molar-refractivity contribution in [2.24, 2.45) is 0 Å². The van der Waals surface area contributed by atoms with Crippen molar-refractivity contribution >= 4 is 11.8 Å². The Labute approximate surface area is 175 Å². The molecule has 0 saturated heterocycles. The smallest absolute Gasteiger partial charge is 0.242 e. The average Bonchev–Trinajstić information content (AvgIpc) is 2.68. The summed E-state index contributed by atoms with van der Waals surface area (Å²) in [6, 6.07) is 15.7. The first kappa shape index (κ1) is 22.7. The van der Waals surface area contributed by atoms with Crippen LogP contribution in [-0.4, -0.2) is 29.3 Å². The van der Waals surface area contributed by atoms with Gasteiger partial charge in [-0.05, 0) is 37.8 Å². The van der Waals surface area contributed by atoms with Gasteiger partial charge in [0.25, 0.3) is 0 Å². The molecule has 0 radical (unpaired) electrons. The minimum Gasteiger partial charge on any atom is -0.354 e. The second kappa shape index (κ2) is 11.4. The van der Waals surface area contributed by atoms with Gasteiger partial charge in [0, 0.05) is 13.1 Å². The molecule has 2 rings (SSSR count). The van der Waals surface area contributed by atoms with E-state index in [0.29, 0.717) is 25.9 Å². The molecule has 0 bridgehead atoms. The summed E-state index contributed by atoms with van der Waals surface area (Å²) in [5, 5.41) is 3.01. The molecule has 4 heteroatoms. The van der Waals surface area contributed by atoms with Gasteiger partial charge in [0.2, 0.25) is 11.8 Å². The largest absolute Gasteiger partial charge is 0.354 e. The first-order chi connectivity index (χ1) is 13.9. The summed E-state index contributed by atoms with van der Waals surface area (Å²) in [5.41, 5.74) is 4.30. The number of nitrogens with zero attached hydrogens (tertiary/aromatic N) is 1. The highest BCUT2D eigenvalue weighted by molar-refractivity contribution is 5.88. The number of carbonyl (C=O) groups excluding carboxylic acids is 2. The van der Waals surface area contributed by atoms with Crippen LogP contribution in [0.4, 0.5) is 0 Å². The van der Waals surface area contributed by atoms with E-state index in [-0.39, 0.29) is 11.8 Å². The van der Waals surface area contributed by atoms with Crippen molar-refractivity contribution in [3.05, 3.63) is 70.8 Å². The fraction of sp³-hybridized carbons (Fsp3) is 0.440. The molecule has 0 aliphatic heterocycles. The van der Waals surface area contributed by atoms with Gasteiger partial charge >= 0.3 is 0 Å². The maximum atomic E-state index is 13.3. The molecule has 2 aromatic carbocycles. The van der Waals surface area contributed by atoms with E-state index in [2.05, 4.69) is 18.3 Å². The lowest BCUT2D eigenvalue weighted by molar-refractivity contribution is -0.140. The van der Waals surface area contributed by atoms with Gasteiger partial charge in [0.1, 0.15) is 6.04 Å². The molecule has 0 saturated carbocycles. The van der Waals surface area contributed by atoms with E-state index in [4.69, 9.17) is 0 Å². The molecule has 0 spiro atoms. The fourth-order valence-corrected chi connectivity index (χ4v) is 3.53. The number of nitrogens with one attached hydrogen (secondary N) is 1. The van der Waals surface area contributed by atoms with Gasteiger partial charge in [-0.2, -0.15) is 0 Å². The van der Waals surface area contributed by atoms with E-state index in [1.807, 2.05) is 63.2 Å². The molecule has 4 nitrogen and oxygen atoms in total. The Morgan fingerprint density at radius 2 is 1.59 bits per heavy atom. The van der Waals surface area contributed by atoms with Crippen molar-refractivity contribution in [1.82, 2.24) is 10.2 Å². The molecular formula is C25H34N2O2. The van der Waals surface area contributed by atoms with Crippen LogP contribution in [0.3, 0.4) is 0 Å². The molecule has 0 aliphatic rings. The minimum atomic E-state index is -0.468. The van der Waals surface area contributed by atoms with Gasteiger partial charge in [-0.3, -0.25) is 9.59 Å². The monoisotopic (exact) mass is 394 g/mol. The van der Waals surface area contributed by atoms with Gasteiger partial charge in [-0.25, -0.2) is 0 Å². The molecule has 0 fully saturated rings. The molecule has 156 valence electrons. The molecule has 2 aromatic rings. The zero-order valence-corrected chi connectivity index (χ0v) is 18.2. The van der Waals surface area contributed by atoms with Crippen LogP contribution in [-0.2, 0) is 22.6 Å². The Morgan fingerprint density at radius 3 is 2.17 bits per heavy atom. The third kappa shape index (κ3) is 7.04. The van der Waals surface area contributed by atoms with Crippen LogP contribution in [0.15, 0.2) is 48.5 Å². The summed E-state index contributed by atoms with van der Waals surface area (Å²) < 4.78 is 0. The lowest BCUT2D eigenvalue weighted by atomic mass is 10.0. The summed E-state index contributed by atoms with van der Waals surface area (Å²) in [6.07, 6.45) is 2.85. The Balaban J connectivity index is 2.25. The number of aryl methyl sites for hydroxylation is 2. The molecular weight excluding hydrogens is 360 g/mol. The Kier molecular flexibility index (Phi) is 8.91. The standard InChI is InChI=1S/C25H34N2O2/c1-5-7-14-26-25(29)23(6-2)27(18-22-13-9-11-20(4)16-22)24(28)17-21-12-8-10-19(3)15-21/h8-13,15-16,23H,5-7,14,17-18H2,1-4H3,(H,26,29)/t23-/m1/s1. The average molecular weight is 395 g/mol. The zero-order valence-electron chi connectivity index (χ0n) is 18.2. The van der Waals surface area contributed by atoms with Gasteiger partial charge in [0.05, 0.1) is 6.42 Å². The molecule has 2 amide bonds. The number of benzene rings is 2. The third-order valence-electron chi connectivity index (χ3n) is 5.09. The van der Waals surface area contributed by atoms with Crippen molar-refractivity contribution in [2.45, 2.75) is 66.0 Å². The van der Waals surface area contributed by atoms with Crippen molar-refractivity contribution in [3.8, 4) is 0 Å².